The Balaban J connectivity index is 2.20. The minimum atomic E-state index is 0.174. The topological polar surface area (TPSA) is 26.0 Å². The van der Waals surface area contributed by atoms with Crippen LogP contribution >= 0.6 is 0 Å². The molecule has 1 aliphatic rings. The van der Waals surface area contributed by atoms with E-state index in [2.05, 4.69) is 13.5 Å². The molecule has 0 amide bonds. The summed E-state index contributed by atoms with van der Waals surface area (Å²) in [7, 11) is 0. The minimum absolute atomic E-state index is 0.174. The van der Waals surface area contributed by atoms with E-state index in [1.165, 1.54) is 12.8 Å². The van der Waals surface area contributed by atoms with Crippen LogP contribution in [0.25, 0.3) is 0 Å². The van der Waals surface area contributed by atoms with Crippen molar-refractivity contribution < 1.29 is 0 Å². The summed E-state index contributed by atoms with van der Waals surface area (Å²) in [6.07, 6.45) is 6.57. The summed E-state index contributed by atoms with van der Waals surface area (Å²) >= 11 is 0. The smallest absolute Gasteiger partial charge is 0.0162 e. The summed E-state index contributed by atoms with van der Waals surface area (Å²) in [6.45, 7) is 5.95. The van der Waals surface area contributed by atoms with Crippen LogP contribution in [-0.2, 0) is 0 Å². The molecule has 0 bridgehead atoms. The summed E-state index contributed by atoms with van der Waals surface area (Å²) < 4.78 is 0. The standard InChI is InChI=1S/C9H17N/c1-3-4-5-9(10)6-8(2)7-9/h3,8H,1,4-7,10H2,2H3. The molecule has 1 heteroatoms. The normalized spacial score (nSPS) is 38.8. The highest BCUT2D eigenvalue weighted by Crippen LogP contribution is 2.38. The van der Waals surface area contributed by atoms with Gasteiger partial charge in [-0.1, -0.05) is 13.0 Å². The van der Waals surface area contributed by atoms with Crippen LogP contribution in [0, 0.1) is 5.92 Å². The average molecular weight is 139 g/mol. The molecule has 0 spiro atoms. The lowest BCUT2D eigenvalue weighted by molar-refractivity contribution is 0.153. The van der Waals surface area contributed by atoms with E-state index >= 15 is 0 Å². The van der Waals surface area contributed by atoms with Gasteiger partial charge in [0.2, 0.25) is 0 Å². The number of hydrogen-bond acceptors (Lipinski definition) is 1. The Morgan fingerprint density at radius 3 is 2.70 bits per heavy atom. The predicted molar refractivity (Wildman–Crippen MR) is 44.7 cm³/mol. The van der Waals surface area contributed by atoms with Crippen LogP contribution in [0.5, 0.6) is 0 Å². The second-order valence-electron chi connectivity index (χ2n) is 3.70. The fourth-order valence-electron chi connectivity index (χ4n) is 1.92. The summed E-state index contributed by atoms with van der Waals surface area (Å²) in [5.41, 5.74) is 6.21. The Bertz CT molecular complexity index is 123. The van der Waals surface area contributed by atoms with E-state index in [1.807, 2.05) is 6.08 Å². The molecule has 1 rings (SSSR count). The number of nitrogens with two attached hydrogens (primary N) is 1. The van der Waals surface area contributed by atoms with E-state index in [1.54, 1.807) is 0 Å². The van der Waals surface area contributed by atoms with Gasteiger partial charge in [-0.05, 0) is 31.6 Å². The van der Waals surface area contributed by atoms with Crippen LogP contribution in [0.4, 0.5) is 0 Å². The zero-order valence-electron chi connectivity index (χ0n) is 6.77. The van der Waals surface area contributed by atoms with Gasteiger partial charge in [-0.15, -0.1) is 6.58 Å². The molecule has 1 aliphatic carbocycles. The summed E-state index contributed by atoms with van der Waals surface area (Å²) in [6, 6.07) is 0. The summed E-state index contributed by atoms with van der Waals surface area (Å²) in [5, 5.41) is 0. The second kappa shape index (κ2) is 2.75. The van der Waals surface area contributed by atoms with Crippen LogP contribution in [-0.4, -0.2) is 5.54 Å². The first kappa shape index (κ1) is 7.80. The first-order chi connectivity index (χ1) is 4.66. The van der Waals surface area contributed by atoms with Crippen molar-refractivity contribution >= 4 is 0 Å². The van der Waals surface area contributed by atoms with Gasteiger partial charge in [0, 0.05) is 5.54 Å². The van der Waals surface area contributed by atoms with Gasteiger partial charge in [0.05, 0.1) is 0 Å². The third-order valence-corrected chi connectivity index (χ3v) is 2.36. The zero-order valence-corrected chi connectivity index (χ0v) is 6.77. The molecule has 2 N–H and O–H groups in total. The molecule has 1 nitrogen and oxygen atoms in total. The largest absolute Gasteiger partial charge is 0.325 e. The molecule has 0 saturated heterocycles. The lowest BCUT2D eigenvalue weighted by Crippen LogP contribution is -2.50. The SMILES string of the molecule is C=CCCC1(N)CC(C)C1. The first-order valence-electron chi connectivity index (χ1n) is 4.06. The van der Waals surface area contributed by atoms with Crippen molar-refractivity contribution in [3.8, 4) is 0 Å². The van der Waals surface area contributed by atoms with Crippen molar-refractivity contribution in [2.75, 3.05) is 0 Å². The lowest BCUT2D eigenvalue weighted by Gasteiger charge is -2.43. The molecular formula is C9H17N. The van der Waals surface area contributed by atoms with Gasteiger partial charge in [-0.3, -0.25) is 0 Å². The van der Waals surface area contributed by atoms with Gasteiger partial charge in [0.25, 0.3) is 0 Å². The van der Waals surface area contributed by atoms with Crippen LogP contribution in [0.3, 0.4) is 0 Å². The molecule has 58 valence electrons. The van der Waals surface area contributed by atoms with E-state index in [0.717, 1.165) is 18.8 Å². The number of allylic oxidation sites excluding steroid dienone is 1. The number of rotatable bonds is 3. The quantitative estimate of drug-likeness (QED) is 0.595. The fraction of sp³-hybridized carbons (Fsp3) is 0.778. The minimum Gasteiger partial charge on any atom is -0.325 e. The van der Waals surface area contributed by atoms with Crippen molar-refractivity contribution in [3.63, 3.8) is 0 Å². The van der Waals surface area contributed by atoms with E-state index in [0.29, 0.717) is 0 Å². The Labute approximate surface area is 63.3 Å². The van der Waals surface area contributed by atoms with Crippen LogP contribution in [0.1, 0.15) is 32.6 Å². The maximum absolute atomic E-state index is 6.03. The molecule has 0 radical (unpaired) electrons. The Hall–Kier alpha value is -0.300. The number of hydrogen-bond donors (Lipinski definition) is 1. The van der Waals surface area contributed by atoms with E-state index < -0.39 is 0 Å². The van der Waals surface area contributed by atoms with E-state index in [4.69, 9.17) is 5.73 Å². The summed E-state index contributed by atoms with van der Waals surface area (Å²) in [5.74, 6) is 0.856. The van der Waals surface area contributed by atoms with E-state index in [-0.39, 0.29) is 5.54 Å². The van der Waals surface area contributed by atoms with Crippen molar-refractivity contribution in [2.24, 2.45) is 11.7 Å². The maximum Gasteiger partial charge on any atom is 0.0162 e. The zero-order chi connectivity index (χ0) is 7.61. The van der Waals surface area contributed by atoms with Crippen LogP contribution in [0.2, 0.25) is 0 Å². The van der Waals surface area contributed by atoms with Gasteiger partial charge in [0.15, 0.2) is 0 Å². The van der Waals surface area contributed by atoms with Crippen molar-refractivity contribution in [3.05, 3.63) is 12.7 Å². The maximum atomic E-state index is 6.03. The van der Waals surface area contributed by atoms with Crippen LogP contribution < -0.4 is 5.73 Å². The predicted octanol–water partition coefficient (Wildman–Crippen LogP) is 2.08. The highest BCUT2D eigenvalue weighted by molar-refractivity contribution is 4.97. The van der Waals surface area contributed by atoms with Gasteiger partial charge in [0.1, 0.15) is 0 Å². The molecule has 0 aromatic rings. The van der Waals surface area contributed by atoms with Crippen molar-refractivity contribution in [1.82, 2.24) is 0 Å². The monoisotopic (exact) mass is 139 g/mol. The highest BCUT2D eigenvalue weighted by atomic mass is 14.8. The van der Waals surface area contributed by atoms with Gasteiger partial charge in [-0.25, -0.2) is 0 Å². The molecular weight excluding hydrogens is 122 g/mol. The third kappa shape index (κ3) is 1.60. The molecule has 10 heavy (non-hydrogen) atoms. The molecule has 0 aliphatic heterocycles. The van der Waals surface area contributed by atoms with Crippen molar-refractivity contribution in [2.45, 2.75) is 38.1 Å². The van der Waals surface area contributed by atoms with Crippen LogP contribution in [0.15, 0.2) is 12.7 Å². The van der Waals surface area contributed by atoms with Crippen molar-refractivity contribution in [1.29, 1.82) is 0 Å². The van der Waals surface area contributed by atoms with Gasteiger partial charge >= 0.3 is 0 Å². The molecule has 0 unspecified atom stereocenters. The average Bonchev–Trinajstić information content (AvgIpc) is 1.81. The molecule has 0 atom stereocenters. The molecule has 0 aromatic carbocycles. The Morgan fingerprint density at radius 1 is 1.70 bits per heavy atom. The lowest BCUT2D eigenvalue weighted by atomic mass is 9.68. The molecule has 0 aromatic heterocycles. The first-order valence-corrected chi connectivity index (χ1v) is 4.06. The molecule has 1 fully saturated rings. The Kier molecular flexibility index (Phi) is 2.14. The molecule has 1 saturated carbocycles. The second-order valence-corrected chi connectivity index (χ2v) is 3.70. The summed E-state index contributed by atoms with van der Waals surface area (Å²) in [4.78, 5) is 0. The molecule has 0 heterocycles. The van der Waals surface area contributed by atoms with Gasteiger partial charge < -0.3 is 5.73 Å². The van der Waals surface area contributed by atoms with E-state index in [9.17, 15) is 0 Å². The fourth-order valence-corrected chi connectivity index (χ4v) is 1.92. The third-order valence-electron chi connectivity index (χ3n) is 2.36. The Morgan fingerprint density at radius 2 is 2.30 bits per heavy atom. The highest BCUT2D eigenvalue weighted by Gasteiger charge is 2.37. The van der Waals surface area contributed by atoms with Gasteiger partial charge in [-0.2, -0.15) is 0 Å².